The fraction of sp³-hybridized carbons (Fsp3) is 0.619. The third-order valence-electron chi connectivity index (χ3n) is 6.85. The lowest BCUT2D eigenvalue weighted by Gasteiger charge is -2.47. The van der Waals surface area contributed by atoms with Crippen molar-refractivity contribution in [2.45, 2.75) is 50.1 Å². The van der Waals surface area contributed by atoms with Gasteiger partial charge < -0.3 is 20.4 Å². The van der Waals surface area contributed by atoms with Crippen molar-refractivity contribution < 1.29 is 9.59 Å². The lowest BCUT2D eigenvalue weighted by Crippen LogP contribution is -2.60. The Morgan fingerprint density at radius 2 is 1.63 bits per heavy atom. The van der Waals surface area contributed by atoms with E-state index in [4.69, 9.17) is 0 Å². The number of carbonyl (C=O) groups is 2. The molecule has 0 atom stereocenters. The number of nitrogens with one attached hydrogen (secondary N) is 2. The smallest absolute Gasteiger partial charge is 0.250 e. The van der Waals surface area contributed by atoms with Gasteiger partial charge in [0.15, 0.2) is 0 Å². The molecule has 3 heterocycles. The second kappa shape index (κ2) is 6.51. The number of hydrogen-bond acceptors (Lipinski definition) is 4. The van der Waals surface area contributed by atoms with Gasteiger partial charge in [-0.3, -0.25) is 9.59 Å². The summed E-state index contributed by atoms with van der Waals surface area (Å²) in [4.78, 5) is 29.6. The van der Waals surface area contributed by atoms with Gasteiger partial charge in [-0.1, -0.05) is 12.1 Å². The fourth-order valence-corrected chi connectivity index (χ4v) is 4.92. The van der Waals surface area contributed by atoms with Crippen molar-refractivity contribution in [2.75, 3.05) is 36.8 Å². The second-order valence-corrected chi connectivity index (χ2v) is 8.57. The first-order chi connectivity index (χ1) is 13.1. The van der Waals surface area contributed by atoms with Crippen molar-refractivity contribution in [1.82, 2.24) is 9.80 Å². The van der Waals surface area contributed by atoms with E-state index in [1.54, 1.807) is 0 Å². The number of benzene rings is 1. The van der Waals surface area contributed by atoms with Gasteiger partial charge in [0.25, 0.3) is 0 Å². The maximum absolute atomic E-state index is 12.8. The molecule has 27 heavy (non-hydrogen) atoms. The average Bonchev–Trinajstić information content (AvgIpc) is 3.55. The minimum absolute atomic E-state index is 0.102. The van der Waals surface area contributed by atoms with E-state index in [1.807, 2.05) is 24.3 Å². The Morgan fingerprint density at radius 3 is 2.30 bits per heavy atom. The van der Waals surface area contributed by atoms with Gasteiger partial charge in [0.1, 0.15) is 5.54 Å². The molecule has 2 saturated heterocycles. The molecule has 3 fully saturated rings. The van der Waals surface area contributed by atoms with Gasteiger partial charge in [-0.05, 0) is 50.7 Å². The average molecular weight is 368 g/mol. The Hall–Kier alpha value is -2.08. The summed E-state index contributed by atoms with van der Waals surface area (Å²) >= 11 is 0. The highest BCUT2D eigenvalue weighted by Gasteiger charge is 2.45. The molecular formula is C21H28N4O2. The normalized spacial score (nSPS) is 25.6. The van der Waals surface area contributed by atoms with E-state index in [2.05, 4.69) is 20.4 Å². The first-order valence-corrected chi connectivity index (χ1v) is 10.4. The van der Waals surface area contributed by atoms with Crippen molar-refractivity contribution in [3.8, 4) is 0 Å². The molecule has 2 N–H and O–H groups in total. The van der Waals surface area contributed by atoms with Crippen LogP contribution in [0.5, 0.6) is 0 Å². The van der Waals surface area contributed by atoms with Crippen LogP contribution in [0.1, 0.15) is 38.5 Å². The molecule has 0 bridgehead atoms. The molecule has 0 aromatic heterocycles. The summed E-state index contributed by atoms with van der Waals surface area (Å²) in [6, 6.07) is 8.48. The summed E-state index contributed by atoms with van der Waals surface area (Å²) in [7, 11) is 0. The molecule has 0 unspecified atom stereocenters. The number of piperidine rings is 2. The van der Waals surface area contributed by atoms with Crippen LogP contribution in [-0.4, -0.2) is 59.4 Å². The van der Waals surface area contributed by atoms with Gasteiger partial charge in [-0.15, -0.1) is 0 Å². The highest BCUT2D eigenvalue weighted by molar-refractivity contribution is 6.06. The van der Waals surface area contributed by atoms with Crippen molar-refractivity contribution >= 4 is 23.2 Å². The summed E-state index contributed by atoms with van der Waals surface area (Å²) in [5.41, 5.74) is 1.42. The van der Waals surface area contributed by atoms with Crippen molar-refractivity contribution in [3.63, 3.8) is 0 Å². The number of anilines is 2. The van der Waals surface area contributed by atoms with E-state index in [-0.39, 0.29) is 5.91 Å². The molecule has 5 rings (SSSR count). The molecule has 144 valence electrons. The van der Waals surface area contributed by atoms with Crippen LogP contribution in [0.4, 0.5) is 11.4 Å². The standard InChI is InChI=1S/C21H28N4O2/c26-19(15-5-6-15)25-11-7-16(8-12-25)24-13-9-21(10-14-24)20(27)22-17-3-1-2-4-18(17)23-21/h1-4,15-16,23H,5-14H2,(H,22,27). The lowest BCUT2D eigenvalue weighted by atomic mass is 9.83. The molecule has 1 aromatic carbocycles. The van der Waals surface area contributed by atoms with E-state index >= 15 is 0 Å². The zero-order chi connectivity index (χ0) is 18.4. The van der Waals surface area contributed by atoms with Crippen LogP contribution < -0.4 is 10.6 Å². The zero-order valence-electron chi connectivity index (χ0n) is 15.7. The van der Waals surface area contributed by atoms with E-state index in [1.165, 1.54) is 0 Å². The summed E-state index contributed by atoms with van der Waals surface area (Å²) in [6.07, 6.45) is 5.96. The summed E-state index contributed by atoms with van der Waals surface area (Å²) in [5.74, 6) is 0.814. The quantitative estimate of drug-likeness (QED) is 0.841. The molecule has 1 aromatic rings. The SMILES string of the molecule is O=C(C1CC1)N1CCC(N2CCC3(CC2)Nc2ccccc2NC3=O)CC1. The van der Waals surface area contributed by atoms with Gasteiger partial charge in [0.2, 0.25) is 11.8 Å². The van der Waals surface area contributed by atoms with Gasteiger partial charge >= 0.3 is 0 Å². The Balaban J connectivity index is 1.19. The molecular weight excluding hydrogens is 340 g/mol. The monoisotopic (exact) mass is 368 g/mol. The highest BCUT2D eigenvalue weighted by atomic mass is 16.2. The van der Waals surface area contributed by atoms with E-state index < -0.39 is 5.54 Å². The van der Waals surface area contributed by atoms with E-state index in [0.29, 0.717) is 17.9 Å². The van der Waals surface area contributed by atoms with Gasteiger partial charge in [0.05, 0.1) is 11.4 Å². The Bertz CT molecular complexity index is 744. The zero-order valence-corrected chi connectivity index (χ0v) is 15.7. The topological polar surface area (TPSA) is 64.7 Å². The molecule has 6 nitrogen and oxygen atoms in total. The number of amides is 2. The number of likely N-dealkylation sites (tertiary alicyclic amines) is 2. The van der Waals surface area contributed by atoms with Crippen LogP contribution in [0.3, 0.4) is 0 Å². The third kappa shape index (κ3) is 3.10. The first kappa shape index (κ1) is 17.0. The number of para-hydroxylation sites is 2. The number of nitrogens with zero attached hydrogens (tertiary/aromatic N) is 2. The molecule has 4 aliphatic rings. The van der Waals surface area contributed by atoms with Crippen LogP contribution in [0.2, 0.25) is 0 Å². The Morgan fingerprint density at radius 1 is 0.963 bits per heavy atom. The van der Waals surface area contributed by atoms with Crippen molar-refractivity contribution in [3.05, 3.63) is 24.3 Å². The molecule has 1 saturated carbocycles. The van der Waals surface area contributed by atoms with Crippen LogP contribution in [0.15, 0.2) is 24.3 Å². The summed E-state index contributed by atoms with van der Waals surface area (Å²) in [5, 5.41) is 6.62. The molecule has 2 amide bonds. The van der Waals surface area contributed by atoms with Crippen LogP contribution in [0.25, 0.3) is 0 Å². The Labute approximate surface area is 160 Å². The summed E-state index contributed by atoms with van der Waals surface area (Å²) in [6.45, 7) is 3.66. The molecule has 0 radical (unpaired) electrons. The van der Waals surface area contributed by atoms with E-state index in [0.717, 1.165) is 76.1 Å². The van der Waals surface area contributed by atoms with Crippen molar-refractivity contribution in [2.24, 2.45) is 5.92 Å². The van der Waals surface area contributed by atoms with E-state index in [9.17, 15) is 9.59 Å². The van der Waals surface area contributed by atoms with Gasteiger partial charge in [-0.2, -0.15) is 0 Å². The minimum atomic E-state index is -0.479. The number of fused-ring (bicyclic) bond motifs is 1. The number of rotatable bonds is 2. The number of carbonyl (C=O) groups excluding carboxylic acids is 2. The van der Waals surface area contributed by atoms with Crippen molar-refractivity contribution in [1.29, 1.82) is 0 Å². The lowest BCUT2D eigenvalue weighted by molar-refractivity contribution is -0.134. The molecule has 3 aliphatic heterocycles. The molecule has 1 aliphatic carbocycles. The van der Waals surface area contributed by atoms with Gasteiger partial charge in [0, 0.05) is 38.1 Å². The molecule has 1 spiro atoms. The third-order valence-corrected chi connectivity index (χ3v) is 6.85. The fourth-order valence-electron chi connectivity index (χ4n) is 4.92. The Kier molecular flexibility index (Phi) is 4.11. The highest BCUT2D eigenvalue weighted by Crippen LogP contribution is 2.37. The maximum Gasteiger partial charge on any atom is 0.250 e. The van der Waals surface area contributed by atoms with Crippen LogP contribution >= 0.6 is 0 Å². The first-order valence-electron chi connectivity index (χ1n) is 10.4. The molecule has 6 heteroatoms. The summed E-state index contributed by atoms with van der Waals surface area (Å²) < 4.78 is 0. The van der Waals surface area contributed by atoms with Gasteiger partial charge in [-0.25, -0.2) is 0 Å². The van der Waals surface area contributed by atoms with Crippen LogP contribution in [0, 0.1) is 5.92 Å². The predicted molar refractivity (Wildman–Crippen MR) is 105 cm³/mol. The largest absolute Gasteiger partial charge is 0.369 e. The second-order valence-electron chi connectivity index (χ2n) is 8.57. The number of hydrogen-bond donors (Lipinski definition) is 2. The minimum Gasteiger partial charge on any atom is -0.369 e. The maximum atomic E-state index is 12.8. The van der Waals surface area contributed by atoms with Crippen LogP contribution in [-0.2, 0) is 9.59 Å². The predicted octanol–water partition coefficient (Wildman–Crippen LogP) is 2.29.